The Morgan fingerprint density at radius 3 is 2.54 bits per heavy atom. The Bertz CT molecular complexity index is 863. The van der Waals surface area contributed by atoms with Gasteiger partial charge in [-0.15, -0.1) is 11.3 Å². The van der Waals surface area contributed by atoms with Gasteiger partial charge < -0.3 is 4.90 Å². The van der Waals surface area contributed by atoms with Crippen LogP contribution in [-0.4, -0.2) is 46.0 Å². The lowest BCUT2D eigenvalue weighted by atomic mass is 10.2. The van der Waals surface area contributed by atoms with E-state index in [1.807, 2.05) is 11.3 Å². The van der Waals surface area contributed by atoms with Gasteiger partial charge in [0, 0.05) is 43.9 Å². The summed E-state index contributed by atoms with van der Waals surface area (Å²) in [5.74, 6) is 2.37. The Kier molecular flexibility index (Phi) is 4.87. The third-order valence-corrected chi connectivity index (χ3v) is 5.79. The highest BCUT2D eigenvalue weighted by Gasteiger charge is 2.20. The van der Waals surface area contributed by atoms with Crippen LogP contribution in [0.25, 0.3) is 10.2 Å². The van der Waals surface area contributed by atoms with Crippen LogP contribution in [0.1, 0.15) is 36.3 Å². The lowest BCUT2D eigenvalue weighted by Gasteiger charge is -2.35. The standard InChI is InChI=1S/C20H25N5S/c1-14(2)20-21-15(3)12-18(23-20)25-10-8-24(9-11-25)13-19-22-16-6-4-5-7-17(16)26-19/h4-7,12,14H,8-11,13H2,1-3H3. The van der Waals surface area contributed by atoms with E-state index in [4.69, 9.17) is 9.97 Å². The Balaban J connectivity index is 1.41. The van der Waals surface area contributed by atoms with Crippen molar-refractivity contribution in [1.29, 1.82) is 0 Å². The number of aromatic nitrogens is 3. The number of anilines is 1. The van der Waals surface area contributed by atoms with Crippen molar-refractivity contribution in [2.45, 2.75) is 33.2 Å². The summed E-state index contributed by atoms with van der Waals surface area (Å²) < 4.78 is 1.28. The molecule has 0 spiro atoms. The molecular formula is C20H25N5S. The number of fused-ring (bicyclic) bond motifs is 1. The van der Waals surface area contributed by atoms with E-state index in [0.29, 0.717) is 5.92 Å². The lowest BCUT2D eigenvalue weighted by Crippen LogP contribution is -2.46. The summed E-state index contributed by atoms with van der Waals surface area (Å²) in [5, 5.41) is 1.21. The fourth-order valence-corrected chi connectivity index (χ4v) is 4.32. The molecule has 0 unspecified atom stereocenters. The molecule has 1 fully saturated rings. The van der Waals surface area contributed by atoms with Gasteiger partial charge in [-0.25, -0.2) is 15.0 Å². The van der Waals surface area contributed by atoms with Crippen LogP contribution >= 0.6 is 11.3 Å². The van der Waals surface area contributed by atoms with Crippen LogP contribution in [0, 0.1) is 6.92 Å². The summed E-state index contributed by atoms with van der Waals surface area (Å²) in [5.41, 5.74) is 2.17. The quantitative estimate of drug-likeness (QED) is 0.701. The molecule has 5 nitrogen and oxygen atoms in total. The lowest BCUT2D eigenvalue weighted by molar-refractivity contribution is 0.249. The number of aryl methyl sites for hydroxylation is 1. The van der Waals surface area contributed by atoms with Crippen LogP contribution in [0.15, 0.2) is 30.3 Å². The van der Waals surface area contributed by atoms with E-state index in [-0.39, 0.29) is 0 Å². The molecule has 6 heteroatoms. The molecule has 0 N–H and O–H groups in total. The molecule has 26 heavy (non-hydrogen) atoms. The second-order valence-electron chi connectivity index (χ2n) is 7.22. The van der Waals surface area contributed by atoms with Crippen molar-refractivity contribution < 1.29 is 0 Å². The number of piperazine rings is 1. The Morgan fingerprint density at radius 1 is 1.04 bits per heavy atom. The van der Waals surface area contributed by atoms with E-state index < -0.39 is 0 Å². The Hall–Kier alpha value is -2.05. The van der Waals surface area contributed by atoms with Crippen molar-refractivity contribution in [3.63, 3.8) is 0 Å². The van der Waals surface area contributed by atoms with E-state index in [0.717, 1.165) is 55.6 Å². The minimum Gasteiger partial charge on any atom is -0.354 e. The third-order valence-electron chi connectivity index (χ3n) is 4.77. The molecule has 0 radical (unpaired) electrons. The van der Waals surface area contributed by atoms with Gasteiger partial charge in [0.05, 0.1) is 16.8 Å². The molecule has 3 heterocycles. The number of nitrogens with zero attached hydrogens (tertiary/aromatic N) is 5. The molecule has 2 aromatic heterocycles. The van der Waals surface area contributed by atoms with Crippen molar-refractivity contribution in [2.24, 2.45) is 0 Å². The average molecular weight is 368 g/mol. The van der Waals surface area contributed by atoms with Gasteiger partial charge in [-0.05, 0) is 19.1 Å². The highest BCUT2D eigenvalue weighted by atomic mass is 32.1. The van der Waals surface area contributed by atoms with Crippen LogP contribution < -0.4 is 4.90 Å². The highest BCUT2D eigenvalue weighted by Crippen LogP contribution is 2.24. The van der Waals surface area contributed by atoms with Gasteiger partial charge in [0.2, 0.25) is 0 Å². The average Bonchev–Trinajstić information content (AvgIpc) is 3.04. The second-order valence-corrected chi connectivity index (χ2v) is 8.33. The SMILES string of the molecule is Cc1cc(N2CCN(Cc3nc4ccccc4s3)CC2)nc(C(C)C)n1. The van der Waals surface area contributed by atoms with Gasteiger partial charge in [-0.2, -0.15) is 0 Å². The maximum atomic E-state index is 4.78. The van der Waals surface area contributed by atoms with Gasteiger partial charge in [-0.3, -0.25) is 4.90 Å². The van der Waals surface area contributed by atoms with E-state index in [2.05, 4.69) is 65.9 Å². The molecule has 1 aromatic carbocycles. The molecule has 1 aliphatic heterocycles. The normalized spacial score (nSPS) is 15.9. The third kappa shape index (κ3) is 3.71. The Labute approximate surface area is 158 Å². The van der Waals surface area contributed by atoms with Crippen LogP contribution in [0.5, 0.6) is 0 Å². The first-order valence-electron chi connectivity index (χ1n) is 9.26. The number of rotatable bonds is 4. The zero-order valence-electron chi connectivity index (χ0n) is 15.6. The first-order valence-corrected chi connectivity index (χ1v) is 10.1. The maximum Gasteiger partial charge on any atom is 0.133 e. The summed E-state index contributed by atoms with van der Waals surface area (Å²) >= 11 is 1.81. The molecular weight excluding hydrogens is 342 g/mol. The topological polar surface area (TPSA) is 45.2 Å². The molecule has 4 rings (SSSR count). The largest absolute Gasteiger partial charge is 0.354 e. The summed E-state index contributed by atoms with van der Waals surface area (Å²) in [6.45, 7) is 11.4. The molecule has 0 saturated carbocycles. The van der Waals surface area contributed by atoms with Gasteiger partial charge in [0.25, 0.3) is 0 Å². The molecule has 3 aromatic rings. The zero-order chi connectivity index (χ0) is 18.1. The van der Waals surface area contributed by atoms with Gasteiger partial charge in [0.1, 0.15) is 16.6 Å². The predicted octanol–water partition coefficient (Wildman–Crippen LogP) is 3.84. The molecule has 0 bridgehead atoms. The Morgan fingerprint density at radius 2 is 1.81 bits per heavy atom. The predicted molar refractivity (Wildman–Crippen MR) is 108 cm³/mol. The number of thiazole rings is 1. The summed E-state index contributed by atoms with van der Waals surface area (Å²) in [7, 11) is 0. The van der Waals surface area contributed by atoms with E-state index in [1.54, 1.807) is 0 Å². The molecule has 1 saturated heterocycles. The highest BCUT2D eigenvalue weighted by molar-refractivity contribution is 7.18. The summed E-state index contributed by atoms with van der Waals surface area (Å²) in [6, 6.07) is 10.5. The fraction of sp³-hybridized carbons (Fsp3) is 0.450. The van der Waals surface area contributed by atoms with Crippen LogP contribution in [0.3, 0.4) is 0 Å². The van der Waals surface area contributed by atoms with Crippen LogP contribution in [0.2, 0.25) is 0 Å². The molecule has 1 aliphatic rings. The summed E-state index contributed by atoms with van der Waals surface area (Å²) in [6.07, 6.45) is 0. The van der Waals surface area contributed by atoms with Gasteiger partial charge in [-0.1, -0.05) is 26.0 Å². The molecule has 136 valence electrons. The first kappa shape index (κ1) is 17.4. The minimum absolute atomic E-state index is 0.356. The van der Waals surface area contributed by atoms with Crippen molar-refractivity contribution in [3.8, 4) is 0 Å². The number of benzene rings is 1. The van der Waals surface area contributed by atoms with Crippen molar-refractivity contribution >= 4 is 27.4 Å². The van der Waals surface area contributed by atoms with Gasteiger partial charge in [0.15, 0.2) is 0 Å². The van der Waals surface area contributed by atoms with E-state index in [1.165, 1.54) is 9.71 Å². The van der Waals surface area contributed by atoms with E-state index in [9.17, 15) is 0 Å². The number of hydrogen-bond acceptors (Lipinski definition) is 6. The fourth-order valence-electron chi connectivity index (χ4n) is 3.31. The second kappa shape index (κ2) is 7.29. The smallest absolute Gasteiger partial charge is 0.133 e. The monoisotopic (exact) mass is 367 g/mol. The van der Waals surface area contributed by atoms with Crippen molar-refractivity contribution in [1.82, 2.24) is 19.9 Å². The summed E-state index contributed by atoms with van der Waals surface area (Å²) in [4.78, 5) is 19.0. The van der Waals surface area contributed by atoms with Crippen molar-refractivity contribution in [3.05, 3.63) is 46.9 Å². The number of hydrogen-bond donors (Lipinski definition) is 0. The molecule has 0 atom stereocenters. The van der Waals surface area contributed by atoms with Crippen LogP contribution in [0.4, 0.5) is 5.82 Å². The molecule has 0 amide bonds. The minimum atomic E-state index is 0.356. The maximum absolute atomic E-state index is 4.78. The van der Waals surface area contributed by atoms with Crippen molar-refractivity contribution in [2.75, 3.05) is 31.1 Å². The van der Waals surface area contributed by atoms with Gasteiger partial charge >= 0.3 is 0 Å². The zero-order valence-corrected chi connectivity index (χ0v) is 16.5. The molecule has 0 aliphatic carbocycles. The van der Waals surface area contributed by atoms with E-state index >= 15 is 0 Å². The first-order chi connectivity index (χ1) is 12.6. The number of para-hydroxylation sites is 1. The van der Waals surface area contributed by atoms with Crippen LogP contribution in [-0.2, 0) is 6.54 Å².